The zero-order chi connectivity index (χ0) is 33.9. The summed E-state index contributed by atoms with van der Waals surface area (Å²) in [5.41, 5.74) is 3.42. The van der Waals surface area contributed by atoms with Gasteiger partial charge in [0.05, 0.1) is 36.1 Å². The molecule has 2 heterocycles. The summed E-state index contributed by atoms with van der Waals surface area (Å²) < 4.78 is 19.7. The van der Waals surface area contributed by atoms with Crippen LogP contribution in [0.5, 0.6) is 17.2 Å². The van der Waals surface area contributed by atoms with E-state index in [2.05, 4.69) is 21.2 Å². The number of thiazole rings is 1. The summed E-state index contributed by atoms with van der Waals surface area (Å²) in [5.74, 6) is 1.26. The zero-order valence-corrected chi connectivity index (χ0v) is 29.8. The number of halogens is 3. The lowest BCUT2D eigenvalue weighted by Crippen LogP contribution is -2.40. The second-order valence-electron chi connectivity index (χ2n) is 10.7. The number of amides is 1. The maximum atomic E-state index is 14.2. The Labute approximate surface area is 298 Å². The Bertz CT molecular complexity index is 2240. The van der Waals surface area contributed by atoms with Gasteiger partial charge in [-0.05, 0) is 72.7 Å². The van der Waals surface area contributed by atoms with Crippen molar-refractivity contribution in [3.8, 4) is 17.2 Å². The smallest absolute Gasteiger partial charge is 0.271 e. The molecule has 48 heavy (non-hydrogen) atoms. The van der Waals surface area contributed by atoms with Crippen LogP contribution in [-0.2, 0) is 11.4 Å². The molecule has 244 valence electrons. The molecule has 1 aromatic heterocycles. The zero-order valence-electron chi connectivity index (χ0n) is 25.9. The van der Waals surface area contributed by atoms with Gasteiger partial charge in [-0.15, -0.1) is 0 Å². The molecular weight excluding hydrogens is 737 g/mol. The molecule has 0 saturated carbocycles. The summed E-state index contributed by atoms with van der Waals surface area (Å²) in [5, 5.41) is 4.00. The lowest BCUT2D eigenvalue weighted by atomic mass is 9.95. The van der Waals surface area contributed by atoms with Crippen molar-refractivity contribution < 1.29 is 19.0 Å². The van der Waals surface area contributed by atoms with E-state index in [1.54, 1.807) is 86.4 Å². The third-order valence-corrected chi connectivity index (χ3v) is 9.95. The first-order chi connectivity index (χ1) is 23.2. The van der Waals surface area contributed by atoms with Crippen LogP contribution in [0.2, 0.25) is 10.0 Å². The number of nitrogens with zero attached hydrogens (tertiary/aromatic N) is 2. The number of carbonyl (C=O) groups excluding carboxylic acids is 1. The van der Waals surface area contributed by atoms with E-state index in [1.807, 2.05) is 30.3 Å². The molecule has 0 radical (unpaired) electrons. The van der Waals surface area contributed by atoms with Crippen molar-refractivity contribution in [1.29, 1.82) is 0 Å². The van der Waals surface area contributed by atoms with E-state index < -0.39 is 6.04 Å². The van der Waals surface area contributed by atoms with Crippen LogP contribution in [0.15, 0.2) is 110 Å². The fraction of sp³-hybridized carbons (Fsp3) is 0.139. The molecule has 0 fully saturated rings. The van der Waals surface area contributed by atoms with Crippen LogP contribution < -0.4 is 34.4 Å². The predicted molar refractivity (Wildman–Crippen MR) is 193 cm³/mol. The first-order valence-electron chi connectivity index (χ1n) is 14.6. The van der Waals surface area contributed by atoms with E-state index in [4.69, 9.17) is 42.4 Å². The highest BCUT2D eigenvalue weighted by atomic mass is 79.9. The molecule has 4 aromatic carbocycles. The van der Waals surface area contributed by atoms with Crippen molar-refractivity contribution >= 4 is 68.1 Å². The molecule has 1 amide bonds. The molecular formula is C36H28BrCl2N3O5S. The summed E-state index contributed by atoms with van der Waals surface area (Å²) in [4.78, 5) is 33.2. The van der Waals surface area contributed by atoms with E-state index in [9.17, 15) is 9.59 Å². The Balaban J connectivity index is 1.40. The van der Waals surface area contributed by atoms with Crippen LogP contribution in [0.4, 0.5) is 5.69 Å². The van der Waals surface area contributed by atoms with Crippen LogP contribution in [-0.4, -0.2) is 24.7 Å². The maximum absolute atomic E-state index is 14.2. The average Bonchev–Trinajstić information content (AvgIpc) is 3.38. The standard InChI is InChI=1S/C36H28BrCl2N3O5S/c1-20-32(34(43)41-25-7-5-4-6-8-25)33(21-10-13-26(45-2)14-11-21)42-35(44)31(48-36(42)40-20)16-23-15-29(46-3)30(18-27(23)37)47-19-22-9-12-24(38)17-28(22)39/h4-18,33H,19H2,1-3H3,(H,41,43)/b31-16+/t33-/m0/s1. The van der Waals surface area contributed by atoms with Crippen LogP contribution in [0, 0.1) is 0 Å². The number of rotatable bonds is 9. The van der Waals surface area contributed by atoms with E-state index in [0.29, 0.717) is 63.6 Å². The topological polar surface area (TPSA) is 91.2 Å². The third kappa shape index (κ3) is 6.93. The van der Waals surface area contributed by atoms with Gasteiger partial charge in [0.2, 0.25) is 0 Å². The number of hydrogen-bond donors (Lipinski definition) is 1. The number of ether oxygens (including phenoxy) is 3. The number of nitrogens with one attached hydrogen (secondary N) is 1. The molecule has 1 atom stereocenters. The second-order valence-corrected chi connectivity index (χ2v) is 13.4. The van der Waals surface area contributed by atoms with Gasteiger partial charge in [-0.2, -0.15) is 0 Å². The quantitative estimate of drug-likeness (QED) is 0.168. The fourth-order valence-corrected chi connectivity index (χ4v) is 7.24. The number of methoxy groups -OCH3 is 2. The molecule has 0 bridgehead atoms. The third-order valence-electron chi connectivity index (χ3n) is 7.70. The van der Waals surface area contributed by atoms with Crippen molar-refractivity contribution in [3.63, 3.8) is 0 Å². The highest BCUT2D eigenvalue weighted by molar-refractivity contribution is 9.10. The number of allylic oxidation sites excluding steroid dienone is 1. The van der Waals surface area contributed by atoms with E-state index >= 15 is 0 Å². The summed E-state index contributed by atoms with van der Waals surface area (Å²) >= 11 is 17.2. The number of fused-ring (bicyclic) bond motifs is 1. The van der Waals surface area contributed by atoms with Crippen molar-refractivity contribution in [1.82, 2.24) is 4.57 Å². The largest absolute Gasteiger partial charge is 0.497 e. The van der Waals surface area contributed by atoms with Crippen LogP contribution in [0.1, 0.15) is 29.7 Å². The van der Waals surface area contributed by atoms with Gasteiger partial charge in [0.15, 0.2) is 16.3 Å². The summed E-state index contributed by atoms with van der Waals surface area (Å²) in [6.45, 7) is 1.98. The first kappa shape index (κ1) is 33.5. The van der Waals surface area contributed by atoms with Crippen molar-refractivity contribution in [2.45, 2.75) is 19.6 Å². The van der Waals surface area contributed by atoms with Crippen molar-refractivity contribution in [3.05, 3.63) is 147 Å². The normalized spacial score (nSPS) is 14.3. The van der Waals surface area contributed by atoms with E-state index in [-0.39, 0.29) is 18.1 Å². The van der Waals surface area contributed by atoms with Gasteiger partial charge in [0.25, 0.3) is 11.5 Å². The van der Waals surface area contributed by atoms with E-state index in [1.165, 1.54) is 11.3 Å². The number of hydrogen-bond acceptors (Lipinski definition) is 7. The predicted octanol–water partition coefficient (Wildman–Crippen LogP) is 7.54. The van der Waals surface area contributed by atoms with Gasteiger partial charge in [-0.3, -0.25) is 14.2 Å². The first-order valence-corrected chi connectivity index (χ1v) is 17.0. The van der Waals surface area contributed by atoms with Gasteiger partial charge in [-0.1, -0.05) is 86.9 Å². The SMILES string of the molecule is COc1ccc([C@H]2C(C(=O)Nc3ccccc3)=C(C)N=c3s/c(=C/c4cc(OC)c(OCc5ccc(Cl)cc5Cl)cc4Br)c(=O)n32)cc1. The maximum Gasteiger partial charge on any atom is 0.271 e. The molecule has 8 nitrogen and oxygen atoms in total. The Morgan fingerprint density at radius 3 is 2.44 bits per heavy atom. The van der Waals surface area contributed by atoms with Gasteiger partial charge in [0, 0.05) is 25.8 Å². The minimum Gasteiger partial charge on any atom is -0.497 e. The Morgan fingerprint density at radius 1 is 1.00 bits per heavy atom. The Kier molecular flexibility index (Phi) is 10.1. The lowest BCUT2D eigenvalue weighted by molar-refractivity contribution is -0.113. The summed E-state index contributed by atoms with van der Waals surface area (Å²) in [6.07, 6.45) is 1.77. The Morgan fingerprint density at radius 2 is 1.75 bits per heavy atom. The van der Waals surface area contributed by atoms with Gasteiger partial charge in [0.1, 0.15) is 12.4 Å². The summed E-state index contributed by atoms with van der Waals surface area (Å²) in [6, 6.07) is 24.5. The number of carbonyl (C=O) groups is 1. The molecule has 0 saturated heterocycles. The van der Waals surface area contributed by atoms with Crippen molar-refractivity contribution in [2.75, 3.05) is 19.5 Å². The molecule has 6 rings (SSSR count). The van der Waals surface area contributed by atoms with Gasteiger partial charge < -0.3 is 19.5 Å². The number of benzene rings is 4. The summed E-state index contributed by atoms with van der Waals surface area (Å²) in [7, 11) is 3.13. The molecule has 0 unspecified atom stereocenters. The fourth-order valence-electron chi connectivity index (χ4n) is 5.30. The molecule has 0 aliphatic carbocycles. The Hall–Kier alpha value is -4.35. The monoisotopic (exact) mass is 763 g/mol. The second kappa shape index (κ2) is 14.4. The minimum atomic E-state index is -0.730. The van der Waals surface area contributed by atoms with E-state index in [0.717, 1.165) is 11.1 Å². The van der Waals surface area contributed by atoms with Crippen LogP contribution >= 0.6 is 50.5 Å². The number of aromatic nitrogens is 1. The minimum absolute atomic E-state index is 0.196. The molecule has 1 N–H and O–H groups in total. The van der Waals surface area contributed by atoms with Gasteiger partial charge >= 0.3 is 0 Å². The number of anilines is 1. The highest BCUT2D eigenvalue weighted by Crippen LogP contribution is 2.36. The molecule has 12 heteroatoms. The van der Waals surface area contributed by atoms with Crippen LogP contribution in [0.25, 0.3) is 6.08 Å². The molecule has 1 aliphatic heterocycles. The molecule has 5 aromatic rings. The molecule has 0 spiro atoms. The number of para-hydroxylation sites is 1. The van der Waals surface area contributed by atoms with Crippen molar-refractivity contribution in [2.24, 2.45) is 4.99 Å². The van der Waals surface area contributed by atoms with Crippen LogP contribution in [0.3, 0.4) is 0 Å². The molecule has 1 aliphatic rings. The highest BCUT2D eigenvalue weighted by Gasteiger charge is 2.32. The van der Waals surface area contributed by atoms with Gasteiger partial charge in [-0.25, -0.2) is 4.99 Å². The average molecular weight is 766 g/mol. The lowest BCUT2D eigenvalue weighted by Gasteiger charge is -2.25.